The van der Waals surface area contributed by atoms with Gasteiger partial charge < -0.3 is 21.7 Å². The number of nitrogens with two attached hydrogens (primary N) is 2. The summed E-state index contributed by atoms with van der Waals surface area (Å²) in [5.74, 6) is -4.40. The maximum absolute atomic E-state index is 11.4. The molecule has 0 atom stereocenters. The first-order chi connectivity index (χ1) is 11.2. The van der Waals surface area contributed by atoms with E-state index in [0.717, 1.165) is 0 Å². The van der Waals surface area contributed by atoms with E-state index in [4.69, 9.17) is 21.7 Å². The topological polar surface area (TPSA) is 161 Å². The number of rotatable bonds is 8. The van der Waals surface area contributed by atoms with Gasteiger partial charge in [0, 0.05) is 36.1 Å². The summed E-state index contributed by atoms with van der Waals surface area (Å²) in [6, 6.07) is 6.55. The average Bonchev–Trinajstić information content (AvgIpc) is 2.46. The zero-order valence-corrected chi connectivity index (χ0v) is 12.6. The summed E-state index contributed by atoms with van der Waals surface area (Å²) in [4.78, 5) is 44.2. The first-order valence-electron chi connectivity index (χ1n) is 6.74. The lowest BCUT2D eigenvalue weighted by molar-refractivity contribution is -0.132. The summed E-state index contributed by atoms with van der Waals surface area (Å²) >= 11 is 0. The molecule has 0 saturated heterocycles. The van der Waals surface area contributed by atoms with Gasteiger partial charge in [0.2, 0.25) is 11.8 Å². The van der Waals surface area contributed by atoms with E-state index in [0.29, 0.717) is 23.3 Å². The number of amides is 2. The van der Waals surface area contributed by atoms with Crippen molar-refractivity contribution in [3.63, 3.8) is 0 Å². The Morgan fingerprint density at radius 2 is 1.12 bits per heavy atom. The smallest absolute Gasteiger partial charge is 0.328 e. The van der Waals surface area contributed by atoms with Gasteiger partial charge in [0.15, 0.2) is 0 Å². The van der Waals surface area contributed by atoms with Crippen LogP contribution in [0.3, 0.4) is 0 Å². The number of carbonyl (C=O) groups is 4. The quantitative estimate of drug-likeness (QED) is 0.480. The van der Waals surface area contributed by atoms with Gasteiger partial charge in [-0.2, -0.15) is 0 Å². The van der Waals surface area contributed by atoms with E-state index in [-0.39, 0.29) is 24.0 Å². The number of carboxylic acids is 2. The largest absolute Gasteiger partial charge is 0.478 e. The molecule has 8 nitrogen and oxygen atoms in total. The Morgan fingerprint density at radius 1 is 0.792 bits per heavy atom. The van der Waals surface area contributed by atoms with Crippen LogP contribution < -0.4 is 11.5 Å². The Hall–Kier alpha value is -3.42. The second kappa shape index (κ2) is 8.28. The summed E-state index contributed by atoms with van der Waals surface area (Å²) in [6.45, 7) is 0. The molecular formula is C16H16N2O6. The zero-order chi connectivity index (χ0) is 18.3. The molecule has 0 unspecified atom stereocenters. The third-order valence-corrected chi connectivity index (χ3v) is 3.11. The molecule has 126 valence electrons. The van der Waals surface area contributed by atoms with Crippen molar-refractivity contribution >= 4 is 23.8 Å². The molecule has 0 aliphatic heterocycles. The maximum atomic E-state index is 11.4. The fraction of sp³-hybridized carbons (Fsp3) is 0.125. The number of aliphatic carboxylic acids is 2. The summed E-state index contributed by atoms with van der Waals surface area (Å²) in [5, 5.41) is 17.6. The summed E-state index contributed by atoms with van der Waals surface area (Å²) in [7, 11) is 0. The first kappa shape index (κ1) is 18.6. The molecule has 1 aromatic rings. The highest BCUT2D eigenvalue weighted by atomic mass is 16.4. The van der Waals surface area contributed by atoms with Gasteiger partial charge in [-0.3, -0.25) is 9.59 Å². The number of benzene rings is 1. The Bertz CT molecular complexity index is 686. The molecule has 0 aliphatic rings. The SMILES string of the molecule is NC(=O)/C(=C/C(=O)O)Cc1ccccc1C/C(=C\C(=O)O)C(N)=O. The number of hydrogen-bond acceptors (Lipinski definition) is 4. The molecule has 0 fully saturated rings. The predicted molar refractivity (Wildman–Crippen MR) is 83.7 cm³/mol. The van der Waals surface area contributed by atoms with E-state index in [1.54, 1.807) is 24.3 Å². The lowest BCUT2D eigenvalue weighted by Crippen LogP contribution is -2.19. The molecule has 2 amide bonds. The van der Waals surface area contributed by atoms with Crippen molar-refractivity contribution in [2.75, 3.05) is 0 Å². The van der Waals surface area contributed by atoms with Crippen molar-refractivity contribution in [1.82, 2.24) is 0 Å². The fourth-order valence-electron chi connectivity index (χ4n) is 2.03. The highest BCUT2D eigenvalue weighted by molar-refractivity contribution is 5.99. The van der Waals surface area contributed by atoms with Gasteiger partial charge in [-0.1, -0.05) is 24.3 Å². The van der Waals surface area contributed by atoms with Crippen LogP contribution in [0.1, 0.15) is 11.1 Å². The second-order valence-electron chi connectivity index (χ2n) is 4.87. The number of carbonyl (C=O) groups excluding carboxylic acids is 2. The van der Waals surface area contributed by atoms with Crippen molar-refractivity contribution in [3.05, 3.63) is 58.7 Å². The molecule has 0 bridgehead atoms. The van der Waals surface area contributed by atoms with Crippen molar-refractivity contribution in [2.24, 2.45) is 11.5 Å². The van der Waals surface area contributed by atoms with Crippen LogP contribution in [-0.4, -0.2) is 34.0 Å². The standard InChI is InChI=1S/C16H16N2O6/c17-15(23)11(7-13(19)20)5-9-3-1-2-4-10(9)6-12(16(18)24)8-14(21)22/h1-4,7-8H,5-6H2,(H2,17,23)(H2,18,24)(H,19,20)(H,21,22)/b11-7+,12-8+. The van der Waals surface area contributed by atoms with Crippen LogP contribution in [0.2, 0.25) is 0 Å². The molecule has 6 N–H and O–H groups in total. The van der Waals surface area contributed by atoms with Crippen LogP contribution in [0.15, 0.2) is 47.6 Å². The Morgan fingerprint density at radius 3 is 1.38 bits per heavy atom. The second-order valence-corrected chi connectivity index (χ2v) is 4.87. The molecule has 0 heterocycles. The van der Waals surface area contributed by atoms with Gasteiger partial charge in [0.25, 0.3) is 0 Å². The zero-order valence-electron chi connectivity index (χ0n) is 12.6. The van der Waals surface area contributed by atoms with E-state index in [1.807, 2.05) is 0 Å². The number of primary amides is 2. The van der Waals surface area contributed by atoms with Crippen LogP contribution in [0.4, 0.5) is 0 Å². The van der Waals surface area contributed by atoms with Crippen molar-refractivity contribution < 1.29 is 29.4 Å². The highest BCUT2D eigenvalue weighted by Crippen LogP contribution is 2.17. The normalized spacial score (nSPS) is 11.8. The van der Waals surface area contributed by atoms with Crippen LogP contribution in [-0.2, 0) is 32.0 Å². The minimum absolute atomic E-state index is 0.0725. The predicted octanol–water partition coefficient (Wildman–Crippen LogP) is -0.236. The summed E-state index contributed by atoms with van der Waals surface area (Å²) < 4.78 is 0. The van der Waals surface area contributed by atoms with Crippen molar-refractivity contribution in [3.8, 4) is 0 Å². The van der Waals surface area contributed by atoms with Crippen LogP contribution in [0.25, 0.3) is 0 Å². The Labute approximate surface area is 137 Å². The van der Waals surface area contributed by atoms with E-state index in [1.165, 1.54) is 0 Å². The minimum atomic E-state index is -1.31. The van der Waals surface area contributed by atoms with E-state index in [2.05, 4.69) is 0 Å². The molecule has 0 spiro atoms. The maximum Gasteiger partial charge on any atom is 0.328 e. The van der Waals surface area contributed by atoms with Gasteiger partial charge >= 0.3 is 11.9 Å². The fourth-order valence-corrected chi connectivity index (χ4v) is 2.03. The van der Waals surface area contributed by atoms with Gasteiger partial charge in [-0.15, -0.1) is 0 Å². The molecule has 0 aliphatic carbocycles. The minimum Gasteiger partial charge on any atom is -0.478 e. The lowest BCUT2D eigenvalue weighted by Gasteiger charge is -2.11. The molecule has 1 rings (SSSR count). The Kier molecular flexibility index (Phi) is 6.42. The van der Waals surface area contributed by atoms with Gasteiger partial charge in [-0.05, 0) is 11.1 Å². The molecule has 24 heavy (non-hydrogen) atoms. The van der Waals surface area contributed by atoms with E-state index >= 15 is 0 Å². The molecule has 8 heteroatoms. The van der Waals surface area contributed by atoms with Gasteiger partial charge in [-0.25, -0.2) is 9.59 Å². The van der Waals surface area contributed by atoms with Crippen LogP contribution >= 0.6 is 0 Å². The molecule has 0 radical (unpaired) electrons. The lowest BCUT2D eigenvalue weighted by atomic mass is 9.94. The monoisotopic (exact) mass is 332 g/mol. The van der Waals surface area contributed by atoms with Gasteiger partial charge in [0.1, 0.15) is 0 Å². The van der Waals surface area contributed by atoms with Gasteiger partial charge in [0.05, 0.1) is 0 Å². The molecule has 0 aromatic heterocycles. The molecular weight excluding hydrogens is 316 g/mol. The number of hydrogen-bond donors (Lipinski definition) is 4. The molecule has 1 aromatic carbocycles. The Balaban J connectivity index is 3.21. The van der Waals surface area contributed by atoms with E-state index < -0.39 is 23.8 Å². The van der Waals surface area contributed by atoms with Crippen LogP contribution in [0, 0.1) is 0 Å². The van der Waals surface area contributed by atoms with E-state index in [9.17, 15) is 19.2 Å². The third kappa shape index (κ3) is 5.76. The number of carboxylic acid groups (broad SMARTS) is 2. The van der Waals surface area contributed by atoms with Crippen molar-refractivity contribution in [1.29, 1.82) is 0 Å². The first-order valence-corrected chi connectivity index (χ1v) is 6.74. The summed E-state index contributed by atoms with van der Waals surface area (Å²) in [5.41, 5.74) is 11.1. The third-order valence-electron chi connectivity index (χ3n) is 3.11. The average molecular weight is 332 g/mol. The van der Waals surface area contributed by atoms with Crippen LogP contribution in [0.5, 0.6) is 0 Å². The van der Waals surface area contributed by atoms with Crippen molar-refractivity contribution in [2.45, 2.75) is 12.8 Å². The summed E-state index contributed by atoms with van der Waals surface area (Å²) in [6.07, 6.45) is 1.27. The molecule has 0 saturated carbocycles. The highest BCUT2D eigenvalue weighted by Gasteiger charge is 2.14.